The molecule has 1 atom stereocenters. The number of carbonyl (C=O) groups excluding carboxylic acids is 1. The summed E-state index contributed by atoms with van der Waals surface area (Å²) in [7, 11) is 3.10. The van der Waals surface area contributed by atoms with Gasteiger partial charge in [-0.15, -0.1) is 10.2 Å². The van der Waals surface area contributed by atoms with Crippen molar-refractivity contribution < 1.29 is 14.3 Å². The summed E-state index contributed by atoms with van der Waals surface area (Å²) in [4.78, 5) is 12.2. The molecule has 9 heteroatoms. The molecule has 2 rings (SSSR count). The highest BCUT2D eigenvalue weighted by atomic mass is 16.5. The number of nitriles is 1. The highest BCUT2D eigenvalue weighted by Crippen LogP contribution is 2.21. The van der Waals surface area contributed by atoms with E-state index in [2.05, 4.69) is 20.8 Å². The highest BCUT2D eigenvalue weighted by molar-refractivity contribution is 5.89. The van der Waals surface area contributed by atoms with Crippen LogP contribution in [0.1, 0.15) is 24.4 Å². The van der Waals surface area contributed by atoms with Crippen molar-refractivity contribution in [3.05, 3.63) is 35.9 Å². The predicted octanol–water partition coefficient (Wildman–Crippen LogP) is 1.69. The fourth-order valence-corrected chi connectivity index (χ4v) is 2.26. The van der Waals surface area contributed by atoms with E-state index in [-0.39, 0.29) is 6.04 Å². The van der Waals surface area contributed by atoms with Crippen LogP contribution in [0, 0.1) is 11.3 Å². The standard InChI is InChI=1S/C16H20N6O3/c1-11(15-21-18-10-22(15)6-7-24-2)19-16(23)20-13-4-5-14(25-3)12(8-13)9-17/h4-5,8,10-11H,6-7H2,1-3H3,(H2,19,20,23)/t11-/m0/s1. The molecule has 0 spiro atoms. The molecule has 0 saturated carbocycles. The average Bonchev–Trinajstić information content (AvgIpc) is 3.08. The fraction of sp³-hybridized carbons (Fsp3) is 0.375. The van der Waals surface area contributed by atoms with Gasteiger partial charge in [0.2, 0.25) is 0 Å². The number of nitrogens with zero attached hydrogens (tertiary/aromatic N) is 4. The molecule has 0 aliphatic carbocycles. The van der Waals surface area contributed by atoms with Gasteiger partial charge >= 0.3 is 6.03 Å². The zero-order chi connectivity index (χ0) is 18.2. The maximum Gasteiger partial charge on any atom is 0.319 e. The largest absolute Gasteiger partial charge is 0.495 e. The van der Waals surface area contributed by atoms with Crippen LogP contribution in [0.4, 0.5) is 10.5 Å². The van der Waals surface area contributed by atoms with Crippen molar-refractivity contribution in [3.63, 3.8) is 0 Å². The molecule has 132 valence electrons. The second-order valence-electron chi connectivity index (χ2n) is 5.22. The van der Waals surface area contributed by atoms with Gasteiger partial charge in [0, 0.05) is 19.3 Å². The summed E-state index contributed by atoms with van der Waals surface area (Å²) < 4.78 is 11.9. The molecule has 1 aromatic heterocycles. The lowest BCUT2D eigenvalue weighted by atomic mass is 10.2. The summed E-state index contributed by atoms with van der Waals surface area (Å²) >= 11 is 0. The normalized spacial score (nSPS) is 11.4. The molecule has 0 aliphatic rings. The lowest BCUT2D eigenvalue weighted by Crippen LogP contribution is -2.32. The Bertz CT molecular complexity index is 767. The van der Waals surface area contributed by atoms with Gasteiger partial charge in [-0.1, -0.05) is 0 Å². The van der Waals surface area contributed by atoms with Crippen LogP contribution in [0.15, 0.2) is 24.5 Å². The number of rotatable bonds is 7. The SMILES string of the molecule is COCCn1cnnc1[C@H](C)NC(=O)Nc1ccc(OC)c(C#N)c1. The van der Waals surface area contributed by atoms with E-state index in [0.29, 0.717) is 36.0 Å². The van der Waals surface area contributed by atoms with Crippen molar-refractivity contribution in [2.75, 3.05) is 26.1 Å². The lowest BCUT2D eigenvalue weighted by molar-refractivity contribution is 0.185. The third kappa shape index (κ3) is 4.68. The van der Waals surface area contributed by atoms with Gasteiger partial charge in [0.05, 0.1) is 25.3 Å². The quantitative estimate of drug-likeness (QED) is 0.790. The Kier molecular flexibility index (Phi) is 6.31. The molecule has 0 radical (unpaired) electrons. The van der Waals surface area contributed by atoms with E-state index in [1.54, 1.807) is 31.6 Å². The average molecular weight is 344 g/mol. The topological polar surface area (TPSA) is 114 Å². The molecule has 0 fully saturated rings. The minimum absolute atomic E-state index is 0.340. The minimum atomic E-state index is -0.414. The van der Waals surface area contributed by atoms with E-state index in [9.17, 15) is 4.79 Å². The molecular formula is C16H20N6O3. The van der Waals surface area contributed by atoms with Gasteiger partial charge in [0.1, 0.15) is 18.1 Å². The molecule has 25 heavy (non-hydrogen) atoms. The Hall–Kier alpha value is -3.12. The van der Waals surface area contributed by atoms with Crippen molar-refractivity contribution in [1.82, 2.24) is 20.1 Å². The molecule has 0 saturated heterocycles. The van der Waals surface area contributed by atoms with Gasteiger partial charge < -0.3 is 24.7 Å². The zero-order valence-corrected chi connectivity index (χ0v) is 14.3. The second kappa shape index (κ2) is 8.65. The molecule has 1 heterocycles. The number of ether oxygens (including phenoxy) is 2. The number of anilines is 1. The first-order valence-electron chi connectivity index (χ1n) is 7.61. The number of hydrogen-bond acceptors (Lipinski definition) is 6. The van der Waals surface area contributed by atoms with E-state index in [4.69, 9.17) is 14.7 Å². The number of carbonyl (C=O) groups is 1. The van der Waals surface area contributed by atoms with Gasteiger partial charge in [0.25, 0.3) is 0 Å². The molecule has 2 amide bonds. The van der Waals surface area contributed by atoms with Crippen LogP contribution in [-0.4, -0.2) is 41.6 Å². The van der Waals surface area contributed by atoms with Gasteiger partial charge in [-0.05, 0) is 25.1 Å². The van der Waals surface area contributed by atoms with Gasteiger partial charge in [-0.25, -0.2) is 4.79 Å². The van der Waals surface area contributed by atoms with E-state index >= 15 is 0 Å². The third-order valence-corrected chi connectivity index (χ3v) is 3.49. The highest BCUT2D eigenvalue weighted by Gasteiger charge is 2.16. The Morgan fingerprint density at radius 1 is 1.44 bits per heavy atom. The molecule has 0 aliphatic heterocycles. The Labute approximate surface area is 145 Å². The third-order valence-electron chi connectivity index (χ3n) is 3.49. The number of nitrogens with one attached hydrogen (secondary N) is 2. The number of urea groups is 1. The van der Waals surface area contributed by atoms with Crippen LogP contribution in [-0.2, 0) is 11.3 Å². The van der Waals surface area contributed by atoms with Gasteiger partial charge in [0.15, 0.2) is 5.82 Å². The zero-order valence-electron chi connectivity index (χ0n) is 14.3. The van der Waals surface area contributed by atoms with Gasteiger partial charge in [-0.2, -0.15) is 5.26 Å². The number of aromatic nitrogens is 3. The van der Waals surface area contributed by atoms with Gasteiger partial charge in [-0.3, -0.25) is 0 Å². The predicted molar refractivity (Wildman–Crippen MR) is 90.2 cm³/mol. The van der Waals surface area contributed by atoms with Crippen molar-refractivity contribution in [2.45, 2.75) is 19.5 Å². The lowest BCUT2D eigenvalue weighted by Gasteiger charge is -2.15. The molecule has 2 N–H and O–H groups in total. The van der Waals surface area contributed by atoms with Crippen LogP contribution in [0.5, 0.6) is 5.75 Å². The Morgan fingerprint density at radius 2 is 2.24 bits per heavy atom. The molecular weight excluding hydrogens is 324 g/mol. The molecule has 1 aromatic carbocycles. The number of hydrogen-bond donors (Lipinski definition) is 2. The van der Waals surface area contributed by atoms with Crippen molar-refractivity contribution >= 4 is 11.7 Å². The Balaban J connectivity index is 2.00. The second-order valence-corrected chi connectivity index (χ2v) is 5.22. The smallest absolute Gasteiger partial charge is 0.319 e. The monoisotopic (exact) mass is 344 g/mol. The van der Waals surface area contributed by atoms with Crippen molar-refractivity contribution in [1.29, 1.82) is 5.26 Å². The number of methoxy groups -OCH3 is 2. The van der Waals surface area contributed by atoms with Crippen LogP contribution >= 0.6 is 0 Å². The van der Waals surface area contributed by atoms with E-state index in [0.717, 1.165) is 0 Å². The molecule has 0 bridgehead atoms. The summed E-state index contributed by atoms with van der Waals surface area (Å²) in [6.07, 6.45) is 1.59. The van der Waals surface area contributed by atoms with E-state index < -0.39 is 6.03 Å². The van der Waals surface area contributed by atoms with Crippen LogP contribution in [0.25, 0.3) is 0 Å². The molecule has 2 aromatic rings. The number of amides is 2. The maximum absolute atomic E-state index is 12.2. The first-order chi connectivity index (χ1) is 12.1. The molecule has 9 nitrogen and oxygen atoms in total. The van der Waals surface area contributed by atoms with Crippen LogP contribution in [0.3, 0.4) is 0 Å². The molecule has 0 unspecified atom stereocenters. The van der Waals surface area contributed by atoms with E-state index in [1.165, 1.54) is 7.11 Å². The summed E-state index contributed by atoms with van der Waals surface area (Å²) in [6, 6.07) is 6.08. The minimum Gasteiger partial charge on any atom is -0.495 e. The van der Waals surface area contributed by atoms with Crippen LogP contribution in [0.2, 0.25) is 0 Å². The first kappa shape index (κ1) is 18.2. The first-order valence-corrected chi connectivity index (χ1v) is 7.61. The van der Waals surface area contributed by atoms with E-state index in [1.807, 2.05) is 17.6 Å². The Morgan fingerprint density at radius 3 is 2.92 bits per heavy atom. The van der Waals surface area contributed by atoms with Crippen molar-refractivity contribution in [2.24, 2.45) is 0 Å². The summed E-state index contributed by atoms with van der Waals surface area (Å²) in [5, 5.41) is 22.5. The summed E-state index contributed by atoms with van der Waals surface area (Å²) in [5.41, 5.74) is 0.829. The number of benzene rings is 1. The maximum atomic E-state index is 12.2. The van der Waals surface area contributed by atoms with Crippen molar-refractivity contribution in [3.8, 4) is 11.8 Å². The fourth-order valence-electron chi connectivity index (χ4n) is 2.26. The summed E-state index contributed by atoms with van der Waals surface area (Å²) in [6.45, 7) is 2.92. The summed E-state index contributed by atoms with van der Waals surface area (Å²) in [5.74, 6) is 1.08. The van der Waals surface area contributed by atoms with Crippen LogP contribution < -0.4 is 15.4 Å².